The van der Waals surface area contributed by atoms with Crippen molar-refractivity contribution >= 4 is 17.2 Å². The van der Waals surface area contributed by atoms with E-state index in [0.717, 1.165) is 11.3 Å². The van der Waals surface area contributed by atoms with Gasteiger partial charge in [-0.05, 0) is 17.7 Å². The maximum Gasteiger partial charge on any atom is 0.259 e. The molecule has 1 aromatic carbocycles. The van der Waals surface area contributed by atoms with E-state index in [4.69, 9.17) is 4.74 Å². The Morgan fingerprint density at radius 3 is 2.72 bits per heavy atom. The molecule has 0 radical (unpaired) electrons. The van der Waals surface area contributed by atoms with Gasteiger partial charge in [-0.2, -0.15) is 0 Å². The number of pyridine rings is 1. The van der Waals surface area contributed by atoms with Crippen molar-refractivity contribution in [2.24, 2.45) is 0 Å². The second-order valence-corrected chi connectivity index (χ2v) is 8.54. The zero-order valence-electron chi connectivity index (χ0n) is 18.1. The van der Waals surface area contributed by atoms with Crippen molar-refractivity contribution in [2.45, 2.75) is 26.1 Å². The first-order chi connectivity index (χ1) is 15.5. The number of aromatic nitrogens is 2. The first-order valence-corrected chi connectivity index (χ1v) is 11.3. The lowest BCUT2D eigenvalue weighted by molar-refractivity contribution is 0.0777. The Bertz CT molecular complexity index is 1150. The maximum absolute atomic E-state index is 13.4. The summed E-state index contributed by atoms with van der Waals surface area (Å²) in [7, 11) is 3.20. The molecule has 1 aliphatic heterocycles. The van der Waals surface area contributed by atoms with E-state index in [1.165, 1.54) is 36.6 Å². The Hall–Kier alpha value is -3.04. The second kappa shape index (κ2) is 9.62. The van der Waals surface area contributed by atoms with Crippen molar-refractivity contribution in [2.75, 3.05) is 27.2 Å². The molecule has 0 N–H and O–H groups in total. The predicted octanol–water partition coefficient (Wildman–Crippen LogP) is 2.78. The lowest BCUT2D eigenvalue weighted by Gasteiger charge is -2.22. The van der Waals surface area contributed by atoms with Crippen molar-refractivity contribution in [1.29, 1.82) is 0 Å². The van der Waals surface area contributed by atoms with Gasteiger partial charge in [0.15, 0.2) is 0 Å². The minimum Gasteiger partial charge on any atom is -0.496 e. The van der Waals surface area contributed by atoms with Gasteiger partial charge in [0.1, 0.15) is 17.1 Å². The molecule has 0 saturated carbocycles. The summed E-state index contributed by atoms with van der Waals surface area (Å²) in [6, 6.07) is 7.83. The summed E-state index contributed by atoms with van der Waals surface area (Å²) in [6.07, 6.45) is 0.527. The summed E-state index contributed by atoms with van der Waals surface area (Å²) in [5, 5.41) is 1.91. The Morgan fingerprint density at radius 2 is 2.03 bits per heavy atom. The molecule has 0 bridgehead atoms. The number of carbonyl (C=O) groups excluding carboxylic acids is 1. The predicted molar refractivity (Wildman–Crippen MR) is 121 cm³/mol. The van der Waals surface area contributed by atoms with Crippen LogP contribution < -0.4 is 10.3 Å². The summed E-state index contributed by atoms with van der Waals surface area (Å²) in [6.45, 7) is 2.81. The third-order valence-corrected chi connectivity index (χ3v) is 6.30. The van der Waals surface area contributed by atoms with E-state index in [1.54, 1.807) is 34.2 Å². The van der Waals surface area contributed by atoms with Crippen molar-refractivity contribution < 1.29 is 13.9 Å². The van der Waals surface area contributed by atoms with Crippen LogP contribution in [0.15, 0.2) is 46.0 Å². The number of nitrogens with zero attached hydrogens (tertiary/aromatic N) is 4. The molecule has 7 nitrogen and oxygen atoms in total. The number of ether oxygens (including phenoxy) is 1. The highest BCUT2D eigenvalue weighted by atomic mass is 32.1. The van der Waals surface area contributed by atoms with E-state index >= 15 is 0 Å². The lowest BCUT2D eigenvalue weighted by Crippen LogP contribution is -2.32. The molecule has 0 spiro atoms. The van der Waals surface area contributed by atoms with Crippen molar-refractivity contribution in [3.05, 3.63) is 79.9 Å². The van der Waals surface area contributed by atoms with Crippen LogP contribution in [0.5, 0.6) is 5.75 Å². The van der Waals surface area contributed by atoms with Crippen molar-refractivity contribution in [3.63, 3.8) is 0 Å². The molecule has 1 aliphatic rings. The number of fused-ring (bicyclic) bond motifs is 1. The summed E-state index contributed by atoms with van der Waals surface area (Å²) < 4.78 is 20.4. The third-order valence-electron chi connectivity index (χ3n) is 5.67. The highest BCUT2D eigenvalue weighted by Crippen LogP contribution is 2.25. The highest BCUT2D eigenvalue weighted by Gasteiger charge is 2.27. The smallest absolute Gasteiger partial charge is 0.259 e. The molecule has 1 amide bonds. The molecule has 4 rings (SSSR count). The molecule has 0 saturated heterocycles. The Balaban J connectivity index is 1.60. The average Bonchev–Trinajstić information content (AvgIpc) is 3.20. The van der Waals surface area contributed by atoms with Gasteiger partial charge in [0, 0.05) is 56.8 Å². The minimum atomic E-state index is -0.263. The standard InChI is InChI=1S/C23H25FN4O3S/c1-26(13-18-14-32-15-25-18)23(30)22-19-7-8-27(12-16-3-5-17(24)6-4-16)9-10-28(19)21(29)11-20(22)31-2/h3-6,11,14-15H,7-10,12-13H2,1-2H3. The largest absolute Gasteiger partial charge is 0.496 e. The van der Waals surface area contributed by atoms with Crippen LogP contribution in [-0.2, 0) is 26.1 Å². The summed E-state index contributed by atoms with van der Waals surface area (Å²) in [5.41, 5.74) is 4.48. The molecule has 0 unspecified atom stereocenters. The van der Waals surface area contributed by atoms with Crippen molar-refractivity contribution in [3.8, 4) is 5.75 Å². The monoisotopic (exact) mass is 456 g/mol. The Kier molecular flexibility index (Phi) is 6.66. The maximum atomic E-state index is 13.4. The van der Waals surface area contributed by atoms with Gasteiger partial charge >= 0.3 is 0 Å². The quantitative estimate of drug-likeness (QED) is 0.571. The Morgan fingerprint density at radius 1 is 1.25 bits per heavy atom. The number of carbonyl (C=O) groups is 1. The number of benzene rings is 1. The van der Waals surface area contributed by atoms with Gasteiger partial charge < -0.3 is 14.2 Å². The van der Waals surface area contributed by atoms with Gasteiger partial charge in [0.05, 0.1) is 24.9 Å². The van der Waals surface area contributed by atoms with Crippen LogP contribution in [-0.4, -0.2) is 52.5 Å². The molecular formula is C23H25FN4O3S. The van der Waals surface area contributed by atoms with Gasteiger partial charge in [-0.3, -0.25) is 14.5 Å². The van der Waals surface area contributed by atoms with Crippen LogP contribution in [0.1, 0.15) is 27.3 Å². The number of amides is 1. The fraction of sp³-hybridized carbons (Fsp3) is 0.348. The van der Waals surface area contributed by atoms with Crippen LogP contribution in [0.2, 0.25) is 0 Å². The zero-order chi connectivity index (χ0) is 22.7. The van der Waals surface area contributed by atoms with Gasteiger partial charge in [0.2, 0.25) is 0 Å². The number of thiazole rings is 1. The SMILES string of the molecule is COc1cc(=O)n2c(c1C(=O)N(C)Cc1cscn1)CCN(Cc1ccc(F)cc1)CC2. The normalized spacial score (nSPS) is 14.0. The number of methoxy groups -OCH3 is 1. The van der Waals surface area contributed by atoms with Gasteiger partial charge in [0.25, 0.3) is 11.5 Å². The number of hydrogen-bond donors (Lipinski definition) is 0. The molecule has 0 fully saturated rings. The molecule has 2 aromatic heterocycles. The lowest BCUT2D eigenvalue weighted by atomic mass is 10.1. The van der Waals surface area contributed by atoms with Gasteiger partial charge in [-0.15, -0.1) is 11.3 Å². The summed E-state index contributed by atoms with van der Waals surface area (Å²) in [5.74, 6) is -0.172. The number of hydrogen-bond acceptors (Lipinski definition) is 6. The molecule has 0 atom stereocenters. The zero-order valence-corrected chi connectivity index (χ0v) is 18.9. The van der Waals surface area contributed by atoms with E-state index < -0.39 is 0 Å². The molecule has 9 heteroatoms. The third kappa shape index (κ3) is 4.73. The first kappa shape index (κ1) is 22.2. The van der Waals surface area contributed by atoms with E-state index in [1.807, 2.05) is 5.38 Å². The summed E-state index contributed by atoms with van der Waals surface area (Å²) in [4.78, 5) is 34.3. The van der Waals surface area contributed by atoms with Crippen LogP contribution in [0.4, 0.5) is 4.39 Å². The number of rotatable bonds is 6. The van der Waals surface area contributed by atoms with Crippen LogP contribution in [0.3, 0.4) is 0 Å². The van der Waals surface area contributed by atoms with Gasteiger partial charge in [-0.25, -0.2) is 9.37 Å². The fourth-order valence-corrected chi connectivity index (χ4v) is 4.56. The molecule has 32 heavy (non-hydrogen) atoms. The molecule has 3 aromatic rings. The minimum absolute atomic E-state index is 0.181. The molecule has 0 aliphatic carbocycles. The van der Waals surface area contributed by atoms with Crippen LogP contribution in [0.25, 0.3) is 0 Å². The summed E-state index contributed by atoms with van der Waals surface area (Å²) >= 11 is 1.48. The number of halogens is 1. The van der Waals surface area contributed by atoms with E-state index in [-0.39, 0.29) is 17.3 Å². The highest BCUT2D eigenvalue weighted by molar-refractivity contribution is 7.07. The van der Waals surface area contributed by atoms with Crippen molar-refractivity contribution in [1.82, 2.24) is 19.4 Å². The molecular weight excluding hydrogens is 431 g/mol. The Labute approximate surface area is 189 Å². The molecule has 3 heterocycles. The van der Waals surface area contributed by atoms with Gasteiger partial charge in [-0.1, -0.05) is 12.1 Å². The topological polar surface area (TPSA) is 67.7 Å². The van der Waals surface area contributed by atoms with E-state index in [0.29, 0.717) is 56.2 Å². The van der Waals surface area contributed by atoms with E-state index in [9.17, 15) is 14.0 Å². The van der Waals surface area contributed by atoms with E-state index in [2.05, 4.69) is 9.88 Å². The first-order valence-electron chi connectivity index (χ1n) is 10.4. The average molecular weight is 457 g/mol. The van der Waals surface area contributed by atoms with Crippen LogP contribution >= 0.6 is 11.3 Å². The fourth-order valence-electron chi connectivity index (χ4n) is 4.01. The second-order valence-electron chi connectivity index (χ2n) is 7.82. The molecule has 168 valence electrons. The van der Waals surface area contributed by atoms with Crippen LogP contribution in [0, 0.1) is 5.82 Å².